The molecule has 0 spiro atoms. The van der Waals surface area contributed by atoms with Gasteiger partial charge in [-0.1, -0.05) is 23.7 Å². The molecule has 1 rings (SSSR count). The van der Waals surface area contributed by atoms with Crippen molar-refractivity contribution in [1.29, 1.82) is 5.26 Å². The van der Waals surface area contributed by atoms with Crippen LogP contribution in [0.15, 0.2) is 24.3 Å². The number of nitrogens with zero attached hydrogens (tertiary/aromatic N) is 2. The minimum absolute atomic E-state index is 0.127. The Hall–Kier alpha value is -1.57. The fourth-order valence-corrected chi connectivity index (χ4v) is 1.74. The third kappa shape index (κ3) is 4.74. The average molecular weight is 266 g/mol. The summed E-state index contributed by atoms with van der Waals surface area (Å²) in [5, 5.41) is 12.0. The lowest BCUT2D eigenvalue weighted by Gasteiger charge is -2.22. The molecule has 1 amide bonds. The lowest BCUT2D eigenvalue weighted by atomic mass is 10.1. The van der Waals surface area contributed by atoms with Crippen LogP contribution < -0.4 is 5.32 Å². The Kier molecular flexibility index (Phi) is 5.63. The molecule has 1 aromatic rings. The van der Waals surface area contributed by atoms with Gasteiger partial charge in [0.2, 0.25) is 5.91 Å². The molecule has 4 nitrogen and oxygen atoms in total. The van der Waals surface area contributed by atoms with Gasteiger partial charge in [-0.15, -0.1) is 0 Å². The average Bonchev–Trinajstić information content (AvgIpc) is 2.28. The van der Waals surface area contributed by atoms with Crippen LogP contribution >= 0.6 is 11.6 Å². The summed E-state index contributed by atoms with van der Waals surface area (Å²) >= 11 is 5.84. The van der Waals surface area contributed by atoms with E-state index in [0.29, 0.717) is 11.6 Å². The van der Waals surface area contributed by atoms with E-state index in [-0.39, 0.29) is 18.4 Å². The molecule has 96 valence electrons. The molecule has 5 heteroatoms. The second-order valence-corrected chi connectivity index (χ2v) is 4.71. The molecular formula is C13H16ClN3O. The van der Waals surface area contributed by atoms with E-state index in [4.69, 9.17) is 16.9 Å². The number of nitrogens with one attached hydrogen (secondary N) is 1. The van der Waals surface area contributed by atoms with E-state index < -0.39 is 0 Å². The molecule has 0 radical (unpaired) electrons. The predicted octanol–water partition coefficient (Wildman–Crippen LogP) is 1.97. The zero-order chi connectivity index (χ0) is 13.5. The number of carbonyl (C=O) groups excluding carboxylic acids is 1. The molecule has 1 atom stereocenters. The van der Waals surface area contributed by atoms with E-state index in [1.165, 1.54) is 0 Å². The number of hydrogen-bond donors (Lipinski definition) is 1. The van der Waals surface area contributed by atoms with E-state index in [1.807, 2.05) is 37.2 Å². The predicted molar refractivity (Wildman–Crippen MR) is 71.1 cm³/mol. The van der Waals surface area contributed by atoms with E-state index in [0.717, 1.165) is 5.56 Å². The van der Waals surface area contributed by atoms with Gasteiger partial charge in [0.15, 0.2) is 0 Å². The highest BCUT2D eigenvalue weighted by Gasteiger charge is 2.15. The quantitative estimate of drug-likeness (QED) is 0.886. The summed E-state index contributed by atoms with van der Waals surface area (Å²) in [6.07, 6.45) is -0.127. The molecule has 1 aromatic carbocycles. The van der Waals surface area contributed by atoms with Gasteiger partial charge in [0.25, 0.3) is 0 Å². The first kappa shape index (κ1) is 14.5. The van der Waals surface area contributed by atoms with Gasteiger partial charge in [0.1, 0.15) is 6.42 Å². The summed E-state index contributed by atoms with van der Waals surface area (Å²) in [5.74, 6) is -0.265. The molecule has 0 unspecified atom stereocenters. The summed E-state index contributed by atoms with van der Waals surface area (Å²) < 4.78 is 0. The topological polar surface area (TPSA) is 56.1 Å². The van der Waals surface area contributed by atoms with Crippen molar-refractivity contribution in [1.82, 2.24) is 10.2 Å². The van der Waals surface area contributed by atoms with Gasteiger partial charge >= 0.3 is 0 Å². The second-order valence-electron chi connectivity index (χ2n) is 4.27. The van der Waals surface area contributed by atoms with Crippen molar-refractivity contribution in [3.05, 3.63) is 34.9 Å². The van der Waals surface area contributed by atoms with Crippen molar-refractivity contribution in [2.24, 2.45) is 0 Å². The highest BCUT2D eigenvalue weighted by atomic mass is 35.5. The Morgan fingerprint density at radius 1 is 1.44 bits per heavy atom. The van der Waals surface area contributed by atoms with Crippen LogP contribution in [0, 0.1) is 11.3 Å². The van der Waals surface area contributed by atoms with Crippen molar-refractivity contribution < 1.29 is 4.79 Å². The third-order valence-electron chi connectivity index (χ3n) is 2.39. The van der Waals surface area contributed by atoms with Crippen LogP contribution in [0.3, 0.4) is 0 Å². The number of carbonyl (C=O) groups is 1. The number of nitriles is 1. The number of likely N-dealkylation sites (N-methyl/N-ethyl adjacent to an activating group) is 1. The molecular weight excluding hydrogens is 250 g/mol. The van der Waals surface area contributed by atoms with Gasteiger partial charge in [-0.2, -0.15) is 5.26 Å². The van der Waals surface area contributed by atoms with Crippen LogP contribution in [0.5, 0.6) is 0 Å². The van der Waals surface area contributed by atoms with Gasteiger partial charge < -0.3 is 10.2 Å². The number of amides is 1. The normalized spacial score (nSPS) is 11.9. The van der Waals surface area contributed by atoms with Crippen LogP contribution in [0.2, 0.25) is 5.02 Å². The molecule has 0 aliphatic rings. The molecule has 0 saturated carbocycles. The van der Waals surface area contributed by atoms with Crippen LogP contribution in [0.1, 0.15) is 18.0 Å². The lowest BCUT2D eigenvalue weighted by Crippen LogP contribution is -2.35. The molecule has 0 heterocycles. The Morgan fingerprint density at radius 2 is 2.06 bits per heavy atom. The standard InChI is InChI=1S/C13H16ClN3O/c1-17(2)9-12(16-13(18)7-8-15)10-3-5-11(14)6-4-10/h3-6,12H,7,9H2,1-2H3,(H,16,18)/t12-/m0/s1. The summed E-state index contributed by atoms with van der Waals surface area (Å²) in [6.45, 7) is 0.665. The lowest BCUT2D eigenvalue weighted by molar-refractivity contribution is -0.121. The molecule has 0 aliphatic heterocycles. The Labute approximate surface area is 112 Å². The number of benzene rings is 1. The summed E-state index contributed by atoms with van der Waals surface area (Å²) in [5.41, 5.74) is 0.972. The zero-order valence-corrected chi connectivity index (χ0v) is 11.2. The Morgan fingerprint density at radius 3 is 2.56 bits per heavy atom. The van der Waals surface area contributed by atoms with Crippen molar-refractivity contribution in [2.45, 2.75) is 12.5 Å². The van der Waals surface area contributed by atoms with E-state index in [2.05, 4.69) is 5.32 Å². The maximum Gasteiger partial charge on any atom is 0.234 e. The fourth-order valence-electron chi connectivity index (χ4n) is 1.61. The molecule has 18 heavy (non-hydrogen) atoms. The van der Waals surface area contributed by atoms with Gasteiger partial charge in [-0.25, -0.2) is 0 Å². The molecule has 0 aliphatic carbocycles. The van der Waals surface area contributed by atoms with Crippen LogP contribution in [0.4, 0.5) is 0 Å². The van der Waals surface area contributed by atoms with Crippen molar-refractivity contribution in [2.75, 3.05) is 20.6 Å². The number of rotatable bonds is 5. The van der Waals surface area contributed by atoms with Gasteiger partial charge in [-0.05, 0) is 31.8 Å². The van der Waals surface area contributed by atoms with E-state index in [1.54, 1.807) is 12.1 Å². The first-order valence-electron chi connectivity index (χ1n) is 5.59. The molecule has 0 bridgehead atoms. The smallest absolute Gasteiger partial charge is 0.234 e. The number of halogens is 1. The van der Waals surface area contributed by atoms with Crippen LogP contribution in [-0.4, -0.2) is 31.4 Å². The zero-order valence-electron chi connectivity index (χ0n) is 10.5. The SMILES string of the molecule is CN(C)C[C@H](NC(=O)CC#N)c1ccc(Cl)cc1. The van der Waals surface area contributed by atoms with Gasteiger partial charge in [0, 0.05) is 11.6 Å². The molecule has 0 saturated heterocycles. The van der Waals surface area contributed by atoms with Crippen LogP contribution in [-0.2, 0) is 4.79 Å². The minimum Gasteiger partial charge on any atom is -0.347 e. The molecule has 1 N–H and O–H groups in total. The van der Waals surface area contributed by atoms with Crippen molar-refractivity contribution in [3.8, 4) is 6.07 Å². The maximum atomic E-state index is 11.5. The van der Waals surface area contributed by atoms with Gasteiger partial charge in [-0.3, -0.25) is 4.79 Å². The summed E-state index contributed by atoms with van der Waals surface area (Å²) in [6, 6.07) is 9.03. The highest BCUT2D eigenvalue weighted by Crippen LogP contribution is 2.17. The highest BCUT2D eigenvalue weighted by molar-refractivity contribution is 6.30. The molecule has 0 fully saturated rings. The largest absolute Gasteiger partial charge is 0.347 e. The second kappa shape index (κ2) is 7.00. The Balaban J connectivity index is 2.81. The monoisotopic (exact) mass is 265 g/mol. The van der Waals surface area contributed by atoms with E-state index >= 15 is 0 Å². The van der Waals surface area contributed by atoms with Crippen molar-refractivity contribution in [3.63, 3.8) is 0 Å². The minimum atomic E-state index is -0.265. The van der Waals surface area contributed by atoms with E-state index in [9.17, 15) is 4.79 Å². The van der Waals surface area contributed by atoms with Crippen molar-refractivity contribution >= 4 is 17.5 Å². The first-order valence-corrected chi connectivity index (χ1v) is 5.97. The molecule has 0 aromatic heterocycles. The number of hydrogen-bond acceptors (Lipinski definition) is 3. The van der Waals surface area contributed by atoms with Gasteiger partial charge in [0.05, 0.1) is 12.1 Å². The first-order chi connectivity index (χ1) is 8.52. The maximum absolute atomic E-state index is 11.5. The summed E-state index contributed by atoms with van der Waals surface area (Å²) in [7, 11) is 3.86. The third-order valence-corrected chi connectivity index (χ3v) is 2.65. The fraction of sp³-hybridized carbons (Fsp3) is 0.385. The Bertz CT molecular complexity index is 437. The van der Waals surface area contributed by atoms with Crippen LogP contribution in [0.25, 0.3) is 0 Å². The summed E-state index contributed by atoms with van der Waals surface area (Å²) in [4.78, 5) is 13.5.